The summed E-state index contributed by atoms with van der Waals surface area (Å²) in [5, 5.41) is 4.17. The number of rotatable bonds is 7. The van der Waals surface area contributed by atoms with Crippen LogP contribution in [0.5, 0.6) is 0 Å². The molecule has 124 valence electrons. The first-order valence-electron chi connectivity index (χ1n) is 7.85. The van der Waals surface area contributed by atoms with Crippen molar-refractivity contribution >= 4 is 27.5 Å². The molecule has 1 aliphatic rings. The van der Waals surface area contributed by atoms with Gasteiger partial charge in [-0.25, -0.2) is 8.42 Å². The highest BCUT2D eigenvalue weighted by Gasteiger charge is 2.28. The molecule has 0 aromatic heterocycles. The van der Waals surface area contributed by atoms with Crippen molar-refractivity contribution in [2.24, 2.45) is 0 Å². The lowest BCUT2D eigenvalue weighted by molar-refractivity contribution is 0.599. The van der Waals surface area contributed by atoms with Gasteiger partial charge in [-0.05, 0) is 36.3 Å². The maximum Gasteiger partial charge on any atom is 0.235 e. The van der Waals surface area contributed by atoms with E-state index in [0.717, 1.165) is 24.4 Å². The van der Waals surface area contributed by atoms with Crippen molar-refractivity contribution < 1.29 is 8.42 Å². The Hall–Kier alpha value is -0.720. The number of thioether (sulfide) groups is 1. The van der Waals surface area contributed by atoms with Crippen molar-refractivity contribution in [3.63, 3.8) is 0 Å². The van der Waals surface area contributed by atoms with Gasteiger partial charge in [0, 0.05) is 24.9 Å². The average Bonchev–Trinajstić information content (AvgIpc) is 2.83. The van der Waals surface area contributed by atoms with Gasteiger partial charge in [0.15, 0.2) is 0 Å². The quantitative estimate of drug-likeness (QED) is 0.774. The standard InChI is InChI=1S/C16H26N2O2S2/c1-13(2)21-11-9-17-14(3)15-5-7-16(8-6-15)18-10-4-12-22(18,19)20/h5-8,13-14,17H,4,9-12H2,1-3H3/t14-/m1/s1. The van der Waals surface area contributed by atoms with Crippen molar-refractivity contribution in [2.45, 2.75) is 38.5 Å². The molecule has 0 bridgehead atoms. The van der Waals surface area contributed by atoms with Gasteiger partial charge < -0.3 is 5.32 Å². The maximum atomic E-state index is 11.9. The van der Waals surface area contributed by atoms with Gasteiger partial charge in [0.05, 0.1) is 11.4 Å². The summed E-state index contributed by atoms with van der Waals surface area (Å²) in [4.78, 5) is 0. The fourth-order valence-electron chi connectivity index (χ4n) is 2.55. The molecule has 22 heavy (non-hydrogen) atoms. The number of benzene rings is 1. The molecule has 1 fully saturated rings. The van der Waals surface area contributed by atoms with Crippen LogP contribution in [0.1, 0.15) is 38.8 Å². The molecule has 0 saturated carbocycles. The van der Waals surface area contributed by atoms with Crippen molar-refractivity contribution in [3.05, 3.63) is 29.8 Å². The Bertz CT molecular complexity index is 570. The molecule has 4 nitrogen and oxygen atoms in total. The molecule has 1 aromatic carbocycles. The third-order valence-electron chi connectivity index (χ3n) is 3.78. The molecule has 0 aliphatic carbocycles. The third kappa shape index (κ3) is 4.64. The minimum Gasteiger partial charge on any atom is -0.309 e. The summed E-state index contributed by atoms with van der Waals surface area (Å²) in [6.45, 7) is 8.13. The van der Waals surface area contributed by atoms with Gasteiger partial charge in [0.25, 0.3) is 0 Å². The van der Waals surface area contributed by atoms with Crippen LogP contribution in [0, 0.1) is 0 Å². The smallest absolute Gasteiger partial charge is 0.235 e. The Morgan fingerprint density at radius 2 is 1.91 bits per heavy atom. The molecule has 1 atom stereocenters. The number of hydrogen-bond donors (Lipinski definition) is 1. The van der Waals surface area contributed by atoms with E-state index in [-0.39, 0.29) is 11.8 Å². The number of nitrogens with zero attached hydrogens (tertiary/aromatic N) is 1. The Kier molecular flexibility index (Phi) is 6.17. The lowest BCUT2D eigenvalue weighted by Crippen LogP contribution is -2.25. The van der Waals surface area contributed by atoms with Gasteiger partial charge >= 0.3 is 0 Å². The molecule has 1 saturated heterocycles. The molecule has 0 unspecified atom stereocenters. The molecule has 1 aromatic rings. The number of hydrogen-bond acceptors (Lipinski definition) is 4. The van der Waals surface area contributed by atoms with E-state index >= 15 is 0 Å². The average molecular weight is 343 g/mol. The zero-order chi connectivity index (χ0) is 16.2. The van der Waals surface area contributed by atoms with Gasteiger partial charge in [-0.1, -0.05) is 26.0 Å². The molecule has 2 rings (SSSR count). The lowest BCUT2D eigenvalue weighted by Gasteiger charge is -2.19. The second-order valence-corrected chi connectivity index (χ2v) is 9.63. The Balaban J connectivity index is 1.91. The molecule has 0 spiro atoms. The summed E-state index contributed by atoms with van der Waals surface area (Å²) in [6.07, 6.45) is 0.718. The first-order valence-corrected chi connectivity index (χ1v) is 10.5. The number of sulfonamides is 1. The summed E-state index contributed by atoms with van der Waals surface area (Å²) >= 11 is 1.95. The summed E-state index contributed by atoms with van der Waals surface area (Å²) in [6, 6.07) is 8.16. The highest BCUT2D eigenvalue weighted by molar-refractivity contribution is 7.99. The predicted molar refractivity (Wildman–Crippen MR) is 96.2 cm³/mol. The zero-order valence-corrected chi connectivity index (χ0v) is 15.2. The molecule has 1 N–H and O–H groups in total. The van der Waals surface area contributed by atoms with E-state index in [9.17, 15) is 8.42 Å². The second-order valence-electron chi connectivity index (χ2n) is 5.93. The van der Waals surface area contributed by atoms with Crippen LogP contribution in [0.2, 0.25) is 0 Å². The highest BCUT2D eigenvalue weighted by Crippen LogP contribution is 2.25. The highest BCUT2D eigenvalue weighted by atomic mass is 32.2. The second kappa shape index (κ2) is 7.70. The van der Waals surface area contributed by atoms with E-state index in [4.69, 9.17) is 0 Å². The topological polar surface area (TPSA) is 49.4 Å². The van der Waals surface area contributed by atoms with Gasteiger partial charge in [0.1, 0.15) is 0 Å². The van der Waals surface area contributed by atoms with Crippen molar-refractivity contribution in [3.8, 4) is 0 Å². The maximum absolute atomic E-state index is 11.9. The van der Waals surface area contributed by atoms with Gasteiger partial charge in [0.2, 0.25) is 10.0 Å². The Morgan fingerprint density at radius 3 is 2.45 bits per heavy atom. The van der Waals surface area contributed by atoms with E-state index < -0.39 is 10.0 Å². The van der Waals surface area contributed by atoms with Crippen LogP contribution in [0.15, 0.2) is 24.3 Å². The van der Waals surface area contributed by atoms with E-state index in [1.165, 1.54) is 9.87 Å². The van der Waals surface area contributed by atoms with Crippen LogP contribution in [-0.4, -0.2) is 38.3 Å². The van der Waals surface area contributed by atoms with Crippen LogP contribution >= 0.6 is 11.8 Å². The normalized spacial score (nSPS) is 18.8. The van der Waals surface area contributed by atoms with Crippen LogP contribution < -0.4 is 9.62 Å². The molecule has 1 heterocycles. The monoisotopic (exact) mass is 342 g/mol. The number of anilines is 1. The predicted octanol–water partition coefficient (Wildman–Crippen LogP) is 3.02. The minimum atomic E-state index is -3.08. The zero-order valence-electron chi connectivity index (χ0n) is 13.6. The third-order valence-corrected chi connectivity index (χ3v) is 6.76. The first kappa shape index (κ1) is 17.6. The van der Waals surface area contributed by atoms with E-state index in [1.54, 1.807) is 0 Å². The first-order chi connectivity index (χ1) is 10.4. The Labute approximate surface area is 138 Å². The Morgan fingerprint density at radius 1 is 1.23 bits per heavy atom. The molecular formula is C16H26N2O2S2. The van der Waals surface area contributed by atoms with Gasteiger partial charge in [-0.2, -0.15) is 11.8 Å². The molecule has 0 radical (unpaired) electrons. The van der Waals surface area contributed by atoms with E-state index in [2.05, 4.69) is 26.1 Å². The van der Waals surface area contributed by atoms with E-state index in [0.29, 0.717) is 11.8 Å². The summed E-state index contributed by atoms with van der Waals surface area (Å²) in [5.41, 5.74) is 1.97. The molecule has 0 amide bonds. The summed E-state index contributed by atoms with van der Waals surface area (Å²) in [7, 11) is -3.08. The minimum absolute atomic E-state index is 0.264. The largest absolute Gasteiger partial charge is 0.309 e. The molecule has 6 heteroatoms. The molecular weight excluding hydrogens is 316 g/mol. The van der Waals surface area contributed by atoms with Gasteiger partial charge in [-0.3, -0.25) is 4.31 Å². The van der Waals surface area contributed by atoms with Crippen molar-refractivity contribution in [2.75, 3.05) is 28.9 Å². The fraction of sp³-hybridized carbons (Fsp3) is 0.625. The van der Waals surface area contributed by atoms with Gasteiger partial charge in [-0.15, -0.1) is 0 Å². The van der Waals surface area contributed by atoms with Crippen LogP contribution in [0.25, 0.3) is 0 Å². The molecule has 1 aliphatic heterocycles. The lowest BCUT2D eigenvalue weighted by atomic mass is 10.1. The van der Waals surface area contributed by atoms with Crippen molar-refractivity contribution in [1.29, 1.82) is 0 Å². The van der Waals surface area contributed by atoms with Crippen LogP contribution in [0.3, 0.4) is 0 Å². The number of nitrogens with one attached hydrogen (secondary N) is 1. The SMILES string of the molecule is CC(C)SCCN[C@H](C)c1ccc(N2CCCS2(=O)=O)cc1. The van der Waals surface area contributed by atoms with Crippen LogP contribution in [-0.2, 0) is 10.0 Å². The summed E-state index contributed by atoms with van der Waals surface area (Å²) < 4.78 is 25.4. The van der Waals surface area contributed by atoms with Crippen molar-refractivity contribution in [1.82, 2.24) is 5.32 Å². The van der Waals surface area contributed by atoms with E-state index in [1.807, 2.05) is 36.0 Å². The van der Waals surface area contributed by atoms with Crippen LogP contribution in [0.4, 0.5) is 5.69 Å². The fourth-order valence-corrected chi connectivity index (χ4v) is 4.82. The summed E-state index contributed by atoms with van der Waals surface area (Å²) in [5.74, 6) is 1.37.